The first-order valence-corrected chi connectivity index (χ1v) is 10.2. The summed E-state index contributed by atoms with van der Waals surface area (Å²) in [6.07, 6.45) is 10.6. The number of nitrogens with zero attached hydrogens (tertiary/aromatic N) is 2. The Balaban J connectivity index is 1.48. The lowest BCUT2D eigenvalue weighted by Gasteiger charge is -2.25. The van der Waals surface area contributed by atoms with Crippen LogP contribution in [0.1, 0.15) is 55.3 Å². The van der Waals surface area contributed by atoms with E-state index in [2.05, 4.69) is 20.5 Å². The van der Waals surface area contributed by atoms with E-state index in [4.69, 9.17) is 0 Å². The molecule has 1 amide bonds. The van der Waals surface area contributed by atoms with E-state index in [-0.39, 0.29) is 5.91 Å². The molecule has 0 aliphatic carbocycles. The molecule has 142 valence electrons. The van der Waals surface area contributed by atoms with Gasteiger partial charge in [0.2, 0.25) is 0 Å². The highest BCUT2D eigenvalue weighted by atomic mass is 16.1. The summed E-state index contributed by atoms with van der Waals surface area (Å²) < 4.78 is 0. The molecular weight excluding hydrogens is 336 g/mol. The molecule has 1 unspecified atom stereocenters. The molecule has 0 saturated carbocycles. The summed E-state index contributed by atoms with van der Waals surface area (Å²) in [5.41, 5.74) is 2.44. The Hall–Kier alpha value is -2.40. The number of rotatable bonds is 5. The van der Waals surface area contributed by atoms with Crippen molar-refractivity contribution in [3.8, 4) is 0 Å². The third kappa shape index (κ3) is 4.14. The van der Waals surface area contributed by atoms with Crippen molar-refractivity contribution < 1.29 is 4.79 Å². The average molecular weight is 364 g/mol. The minimum Gasteiger partial charge on any atom is -0.324 e. The second-order valence-electron chi connectivity index (χ2n) is 7.49. The summed E-state index contributed by atoms with van der Waals surface area (Å²) in [5, 5.41) is 6.69. The minimum absolute atomic E-state index is 0.0648. The van der Waals surface area contributed by atoms with E-state index in [0.717, 1.165) is 36.7 Å². The zero-order valence-electron chi connectivity index (χ0n) is 15.8. The molecule has 2 aromatic rings. The Kier molecular flexibility index (Phi) is 5.68. The van der Waals surface area contributed by atoms with Crippen LogP contribution in [0.3, 0.4) is 0 Å². The average Bonchev–Trinajstić information content (AvgIpc) is 3.03. The first-order chi connectivity index (χ1) is 13.3. The Morgan fingerprint density at radius 3 is 2.96 bits per heavy atom. The number of hydrogen-bond acceptors (Lipinski definition) is 4. The molecule has 0 spiro atoms. The third-order valence-corrected chi connectivity index (χ3v) is 5.58. The normalized spacial score (nSPS) is 19.5. The van der Waals surface area contributed by atoms with Gasteiger partial charge in [0, 0.05) is 18.8 Å². The molecule has 2 aliphatic heterocycles. The zero-order chi connectivity index (χ0) is 18.5. The van der Waals surface area contributed by atoms with Gasteiger partial charge in [-0.2, -0.15) is 0 Å². The van der Waals surface area contributed by atoms with Crippen molar-refractivity contribution in [2.24, 2.45) is 0 Å². The summed E-state index contributed by atoms with van der Waals surface area (Å²) in [5.74, 6) is 0.772. The number of nitrogens with one attached hydrogen (secondary N) is 2. The summed E-state index contributed by atoms with van der Waals surface area (Å²) in [4.78, 5) is 19.4. The number of benzene rings is 1. The molecule has 1 fully saturated rings. The fourth-order valence-corrected chi connectivity index (χ4v) is 4.15. The fourth-order valence-electron chi connectivity index (χ4n) is 4.15. The van der Waals surface area contributed by atoms with Gasteiger partial charge in [-0.05, 0) is 56.5 Å². The molecule has 0 radical (unpaired) electrons. The molecule has 5 nitrogen and oxygen atoms in total. The van der Waals surface area contributed by atoms with E-state index >= 15 is 0 Å². The number of carbonyl (C=O) groups is 1. The number of carbonyl (C=O) groups excluding carboxylic acids is 1. The minimum atomic E-state index is -0.0648. The Labute approximate surface area is 161 Å². The van der Waals surface area contributed by atoms with Gasteiger partial charge in [-0.25, -0.2) is 4.98 Å². The molecule has 1 aromatic carbocycles. The number of aromatic nitrogens is 1. The lowest BCUT2D eigenvalue weighted by atomic mass is 10.0. The Morgan fingerprint density at radius 1 is 1.07 bits per heavy atom. The summed E-state index contributed by atoms with van der Waals surface area (Å²) >= 11 is 0. The number of pyridine rings is 1. The molecule has 27 heavy (non-hydrogen) atoms. The molecular formula is C22H28N4O. The number of unbranched alkanes of at least 4 members (excludes halogenated alkanes) is 1. The zero-order valence-corrected chi connectivity index (χ0v) is 15.8. The van der Waals surface area contributed by atoms with Crippen LogP contribution < -0.4 is 15.5 Å². The van der Waals surface area contributed by atoms with Gasteiger partial charge in [0.05, 0.1) is 16.9 Å². The SMILES string of the molecule is O=C1Nc2cccnc2N(CCCCC2CCCCCN2)c2ccccc21. The Morgan fingerprint density at radius 2 is 2.00 bits per heavy atom. The quantitative estimate of drug-likeness (QED) is 0.768. The van der Waals surface area contributed by atoms with Gasteiger partial charge in [0.1, 0.15) is 0 Å². The molecule has 2 aliphatic rings. The van der Waals surface area contributed by atoms with E-state index in [0.29, 0.717) is 11.6 Å². The second kappa shape index (κ2) is 8.53. The van der Waals surface area contributed by atoms with Crippen LogP contribution in [0.2, 0.25) is 0 Å². The first kappa shape index (κ1) is 18.0. The molecule has 1 atom stereocenters. The second-order valence-corrected chi connectivity index (χ2v) is 7.49. The van der Waals surface area contributed by atoms with Gasteiger partial charge in [-0.3, -0.25) is 4.79 Å². The van der Waals surface area contributed by atoms with Crippen molar-refractivity contribution >= 4 is 23.1 Å². The van der Waals surface area contributed by atoms with Crippen LogP contribution in [0, 0.1) is 0 Å². The molecule has 5 heteroatoms. The lowest BCUT2D eigenvalue weighted by molar-refractivity contribution is 0.102. The van der Waals surface area contributed by atoms with Gasteiger partial charge in [-0.15, -0.1) is 0 Å². The highest BCUT2D eigenvalue weighted by Crippen LogP contribution is 2.36. The van der Waals surface area contributed by atoms with Crippen molar-refractivity contribution in [3.05, 3.63) is 48.2 Å². The first-order valence-electron chi connectivity index (χ1n) is 10.2. The van der Waals surface area contributed by atoms with Gasteiger partial charge >= 0.3 is 0 Å². The molecule has 1 aromatic heterocycles. The van der Waals surface area contributed by atoms with Crippen molar-refractivity contribution in [1.29, 1.82) is 0 Å². The third-order valence-electron chi connectivity index (χ3n) is 5.58. The number of anilines is 3. The topological polar surface area (TPSA) is 57.3 Å². The van der Waals surface area contributed by atoms with Crippen molar-refractivity contribution in [2.75, 3.05) is 23.3 Å². The predicted octanol–water partition coefficient (Wildman–Crippen LogP) is 4.49. The lowest BCUT2D eigenvalue weighted by Crippen LogP contribution is -2.28. The standard InChI is InChI=1S/C22H28N4O/c27-22-18-11-3-4-13-20(18)26(21-19(25-22)12-8-15-24-21)16-7-5-10-17-9-2-1-6-14-23-17/h3-4,8,11-13,15,17,23H,1-2,5-7,9-10,14,16H2,(H,25,27). The van der Waals surface area contributed by atoms with E-state index in [1.807, 2.05) is 36.4 Å². The molecule has 2 N–H and O–H groups in total. The summed E-state index contributed by atoms with van der Waals surface area (Å²) in [6, 6.07) is 12.3. The van der Waals surface area contributed by atoms with Crippen LogP contribution in [0.5, 0.6) is 0 Å². The van der Waals surface area contributed by atoms with Crippen LogP contribution in [0.15, 0.2) is 42.6 Å². The monoisotopic (exact) mass is 364 g/mol. The van der Waals surface area contributed by atoms with E-state index in [9.17, 15) is 4.79 Å². The maximum absolute atomic E-state index is 12.6. The Bertz CT molecular complexity index is 783. The van der Waals surface area contributed by atoms with Crippen LogP contribution in [-0.2, 0) is 0 Å². The number of amides is 1. The maximum atomic E-state index is 12.6. The maximum Gasteiger partial charge on any atom is 0.257 e. The fraction of sp³-hybridized carbons (Fsp3) is 0.455. The van der Waals surface area contributed by atoms with Crippen molar-refractivity contribution in [1.82, 2.24) is 10.3 Å². The molecule has 0 bridgehead atoms. The number of para-hydroxylation sites is 1. The summed E-state index contributed by atoms with van der Waals surface area (Å²) in [6.45, 7) is 2.03. The summed E-state index contributed by atoms with van der Waals surface area (Å²) in [7, 11) is 0. The van der Waals surface area contributed by atoms with Gasteiger partial charge in [0.15, 0.2) is 5.82 Å². The molecule has 3 heterocycles. The van der Waals surface area contributed by atoms with Gasteiger partial charge in [-0.1, -0.05) is 31.4 Å². The highest BCUT2D eigenvalue weighted by Gasteiger charge is 2.25. The smallest absolute Gasteiger partial charge is 0.257 e. The number of hydrogen-bond donors (Lipinski definition) is 2. The van der Waals surface area contributed by atoms with Crippen LogP contribution in [0.25, 0.3) is 0 Å². The molecule has 1 saturated heterocycles. The van der Waals surface area contributed by atoms with Gasteiger partial charge in [0.25, 0.3) is 5.91 Å². The molecule has 4 rings (SSSR count). The van der Waals surface area contributed by atoms with E-state index < -0.39 is 0 Å². The highest BCUT2D eigenvalue weighted by molar-refractivity contribution is 6.11. The van der Waals surface area contributed by atoms with Crippen LogP contribution in [-0.4, -0.2) is 30.0 Å². The van der Waals surface area contributed by atoms with Crippen LogP contribution in [0.4, 0.5) is 17.2 Å². The van der Waals surface area contributed by atoms with Gasteiger partial charge < -0.3 is 15.5 Å². The van der Waals surface area contributed by atoms with E-state index in [1.165, 1.54) is 38.5 Å². The predicted molar refractivity (Wildman–Crippen MR) is 110 cm³/mol. The number of fused-ring (bicyclic) bond motifs is 2. The van der Waals surface area contributed by atoms with Crippen molar-refractivity contribution in [3.63, 3.8) is 0 Å². The van der Waals surface area contributed by atoms with Crippen LogP contribution >= 0.6 is 0 Å². The van der Waals surface area contributed by atoms with Crippen molar-refractivity contribution in [2.45, 2.75) is 51.0 Å². The largest absolute Gasteiger partial charge is 0.324 e. The van der Waals surface area contributed by atoms with E-state index in [1.54, 1.807) is 6.20 Å².